The number of pyridine rings is 1. The lowest BCUT2D eigenvalue weighted by Crippen LogP contribution is -2.30. The predicted octanol–water partition coefficient (Wildman–Crippen LogP) is 6.30. The molecule has 212 valence electrons. The van der Waals surface area contributed by atoms with E-state index in [1.807, 2.05) is 0 Å². The molecule has 0 radical (unpaired) electrons. The van der Waals surface area contributed by atoms with Gasteiger partial charge in [0.25, 0.3) is 5.91 Å². The van der Waals surface area contributed by atoms with Crippen molar-refractivity contribution in [1.82, 2.24) is 4.98 Å². The molecule has 14 heteroatoms. The van der Waals surface area contributed by atoms with Crippen molar-refractivity contribution in [3.63, 3.8) is 0 Å². The monoisotopic (exact) mass is 574 g/mol. The number of carbonyl (C=O) groups is 2. The molecule has 1 aromatic carbocycles. The summed E-state index contributed by atoms with van der Waals surface area (Å²) in [7, 11) is -3.48. The van der Waals surface area contributed by atoms with Gasteiger partial charge in [0.2, 0.25) is 5.92 Å². The van der Waals surface area contributed by atoms with Gasteiger partial charge in [0.05, 0.1) is 16.8 Å². The van der Waals surface area contributed by atoms with Crippen LogP contribution in [0.1, 0.15) is 65.1 Å². The Kier molecular flexibility index (Phi) is 7.63. The lowest BCUT2D eigenvalue weighted by molar-refractivity contribution is -0.138. The number of hydrogen-bond donors (Lipinski definition) is 2. The zero-order valence-electron chi connectivity index (χ0n) is 21.1. The van der Waals surface area contributed by atoms with E-state index in [9.17, 15) is 35.8 Å². The second-order valence-electron chi connectivity index (χ2n) is 9.84. The van der Waals surface area contributed by atoms with Crippen LogP contribution >= 0.6 is 0 Å². The number of carbonyl (C=O) groups excluding carboxylic acids is 1. The summed E-state index contributed by atoms with van der Waals surface area (Å²) in [6, 6.07) is 3.73. The number of alkyl halides is 5. The minimum absolute atomic E-state index is 0.00672. The highest BCUT2D eigenvalue weighted by Gasteiger charge is 2.43. The van der Waals surface area contributed by atoms with Gasteiger partial charge >= 0.3 is 12.3 Å². The number of nitrogens with one attached hydrogen (secondary N) is 1. The van der Waals surface area contributed by atoms with E-state index in [-0.39, 0.29) is 64.9 Å². The summed E-state index contributed by atoms with van der Waals surface area (Å²) in [5.41, 5.74) is -1.34. The highest BCUT2D eigenvalue weighted by atomic mass is 32.2. The molecule has 2 heterocycles. The second-order valence-corrected chi connectivity index (χ2v) is 12.0. The molecule has 2 amide bonds. The molecule has 1 aliphatic heterocycles. The Morgan fingerprint density at radius 3 is 2.51 bits per heavy atom. The SMILES string of the molecule is Cc1c(C(=O)Nc2ccnc(S(C)(=O)=NC(=O)O)c2)c(N2CCCC(F)(F)CC2)cc(C2CC2)c1C(F)(F)F. The Bertz CT molecular complexity index is 1430. The van der Waals surface area contributed by atoms with Crippen LogP contribution in [-0.4, -0.2) is 51.6 Å². The number of halogens is 5. The van der Waals surface area contributed by atoms with Crippen LogP contribution in [0.25, 0.3) is 0 Å². The van der Waals surface area contributed by atoms with Gasteiger partial charge in [-0.05, 0) is 61.4 Å². The molecule has 0 bridgehead atoms. The van der Waals surface area contributed by atoms with E-state index in [0.717, 1.165) is 18.5 Å². The molecule has 4 rings (SSSR count). The number of hydrogen-bond acceptors (Lipinski definition) is 5. The summed E-state index contributed by atoms with van der Waals surface area (Å²) < 4.78 is 86.7. The topological polar surface area (TPSA) is 112 Å². The van der Waals surface area contributed by atoms with E-state index < -0.39 is 45.8 Å². The molecule has 1 atom stereocenters. The fourth-order valence-electron chi connectivity index (χ4n) is 4.84. The molecule has 8 nitrogen and oxygen atoms in total. The van der Waals surface area contributed by atoms with Crippen molar-refractivity contribution in [3.05, 3.63) is 46.6 Å². The van der Waals surface area contributed by atoms with E-state index in [1.54, 1.807) is 0 Å². The number of benzene rings is 1. The van der Waals surface area contributed by atoms with Crippen LogP contribution in [0.5, 0.6) is 0 Å². The van der Waals surface area contributed by atoms with Crippen molar-refractivity contribution < 1.29 is 40.9 Å². The maximum absolute atomic E-state index is 14.3. The molecule has 2 fully saturated rings. The molecule has 1 unspecified atom stereocenters. The summed E-state index contributed by atoms with van der Waals surface area (Å²) in [5, 5.41) is 11.1. The first kappa shape index (κ1) is 28.7. The summed E-state index contributed by atoms with van der Waals surface area (Å²) >= 11 is 0. The number of aromatic nitrogens is 1. The van der Waals surface area contributed by atoms with Gasteiger partial charge in [-0.1, -0.05) is 0 Å². The highest BCUT2D eigenvalue weighted by Crippen LogP contribution is 2.50. The third-order valence-electron chi connectivity index (χ3n) is 6.81. The Balaban J connectivity index is 1.81. The zero-order chi connectivity index (χ0) is 28.8. The smallest absolute Gasteiger partial charge is 0.439 e. The van der Waals surface area contributed by atoms with Gasteiger partial charge in [-0.15, -0.1) is 4.36 Å². The fraction of sp³-hybridized carbons (Fsp3) is 0.480. The lowest BCUT2D eigenvalue weighted by Gasteiger charge is -2.29. The number of amides is 2. The molecule has 1 aromatic heterocycles. The number of rotatable bonds is 5. The molecular weight excluding hydrogens is 547 g/mol. The van der Waals surface area contributed by atoms with E-state index in [4.69, 9.17) is 5.11 Å². The van der Waals surface area contributed by atoms with Crippen LogP contribution in [0.15, 0.2) is 33.8 Å². The summed E-state index contributed by atoms with van der Waals surface area (Å²) in [6.07, 6.45) is -3.90. The quantitative estimate of drug-likeness (QED) is 0.406. The molecule has 0 spiro atoms. The van der Waals surface area contributed by atoms with Gasteiger partial charge in [0.1, 0.15) is 14.8 Å². The molecule has 2 aliphatic rings. The summed E-state index contributed by atoms with van der Waals surface area (Å²) in [4.78, 5) is 29.9. The minimum atomic E-state index is -4.75. The standard InChI is InChI=1S/C25H27F5N4O4S/c1-14-20(22(35)32-16-6-9-31-19(12-16)39(2,38)33-23(36)37)18(34-10-3-7-24(26,27)8-11-34)13-17(15-4-5-15)21(14)25(28,29)30/h6,9,12-13,15H,3-5,7-8,10-11H2,1-2H3,(H,36,37)(H,31,32,35). The van der Waals surface area contributed by atoms with Gasteiger partial charge in [-0.2, -0.15) is 13.2 Å². The van der Waals surface area contributed by atoms with Gasteiger partial charge in [-0.3, -0.25) is 4.79 Å². The van der Waals surface area contributed by atoms with Crippen molar-refractivity contribution in [3.8, 4) is 0 Å². The van der Waals surface area contributed by atoms with Gasteiger partial charge in [-0.25, -0.2) is 22.8 Å². The largest absolute Gasteiger partial charge is 0.463 e. The van der Waals surface area contributed by atoms with Crippen LogP contribution in [0.3, 0.4) is 0 Å². The zero-order valence-corrected chi connectivity index (χ0v) is 22.0. The first-order chi connectivity index (χ1) is 18.1. The molecule has 1 saturated heterocycles. The van der Waals surface area contributed by atoms with Crippen LogP contribution in [-0.2, 0) is 15.9 Å². The average Bonchev–Trinajstić information content (AvgIpc) is 3.65. The maximum atomic E-state index is 14.3. The molecule has 39 heavy (non-hydrogen) atoms. The maximum Gasteiger partial charge on any atom is 0.439 e. The molecular formula is C25H27F5N4O4S. The van der Waals surface area contributed by atoms with Crippen molar-refractivity contribution in [1.29, 1.82) is 0 Å². The van der Waals surface area contributed by atoms with Gasteiger partial charge < -0.3 is 15.3 Å². The molecule has 2 N–H and O–H groups in total. The number of nitrogens with zero attached hydrogens (tertiary/aromatic N) is 3. The first-order valence-corrected chi connectivity index (χ1v) is 14.1. The van der Waals surface area contributed by atoms with Crippen molar-refractivity contribution >= 4 is 33.1 Å². The molecule has 1 aliphatic carbocycles. The average molecular weight is 575 g/mol. The first-order valence-electron chi connectivity index (χ1n) is 12.2. The summed E-state index contributed by atoms with van der Waals surface area (Å²) in [5.74, 6) is -4.18. The minimum Gasteiger partial charge on any atom is -0.463 e. The number of anilines is 2. The van der Waals surface area contributed by atoms with E-state index in [2.05, 4.69) is 14.7 Å². The van der Waals surface area contributed by atoms with E-state index in [1.165, 1.54) is 24.0 Å². The third kappa shape index (κ3) is 6.48. The highest BCUT2D eigenvalue weighted by molar-refractivity contribution is 7.93. The Labute approximate surface area is 221 Å². The van der Waals surface area contributed by atoms with Crippen molar-refractivity contribution in [2.75, 3.05) is 29.6 Å². The predicted molar refractivity (Wildman–Crippen MR) is 134 cm³/mol. The Hall–Kier alpha value is -3.29. The number of carboxylic acid groups (broad SMARTS) is 1. The Morgan fingerprint density at radius 1 is 1.21 bits per heavy atom. The van der Waals surface area contributed by atoms with E-state index >= 15 is 0 Å². The molecule has 2 aromatic rings. The molecule has 1 saturated carbocycles. The van der Waals surface area contributed by atoms with Gasteiger partial charge in [0, 0.05) is 44.1 Å². The van der Waals surface area contributed by atoms with Gasteiger partial charge in [0.15, 0.2) is 0 Å². The summed E-state index contributed by atoms with van der Waals surface area (Å²) in [6.45, 7) is 1.19. The fourth-order valence-corrected chi connectivity index (χ4v) is 5.84. The van der Waals surface area contributed by atoms with Crippen LogP contribution in [0.4, 0.5) is 38.1 Å². The van der Waals surface area contributed by atoms with Crippen molar-refractivity contribution in [2.45, 2.75) is 62.1 Å². The van der Waals surface area contributed by atoms with Crippen LogP contribution in [0.2, 0.25) is 0 Å². The van der Waals surface area contributed by atoms with Crippen LogP contribution in [0, 0.1) is 6.92 Å². The lowest BCUT2D eigenvalue weighted by atomic mass is 9.91. The third-order valence-corrected chi connectivity index (χ3v) is 8.31. The van der Waals surface area contributed by atoms with Crippen molar-refractivity contribution in [2.24, 2.45) is 4.36 Å². The second kappa shape index (κ2) is 10.4. The van der Waals surface area contributed by atoms with E-state index in [0.29, 0.717) is 12.8 Å². The normalized spacial score (nSPS) is 19.1. The Morgan fingerprint density at radius 2 is 1.90 bits per heavy atom. The van der Waals surface area contributed by atoms with Crippen LogP contribution < -0.4 is 10.2 Å².